The van der Waals surface area contributed by atoms with Crippen LogP contribution in [0.15, 0.2) is 0 Å². The molecule has 15 heavy (non-hydrogen) atoms. The molecule has 0 bridgehead atoms. The molecular weight excluding hydrogens is 186 g/mol. The number of aliphatic hydroxyl groups is 1. The average Bonchev–Trinajstić information content (AvgIpc) is 3.05. The highest BCUT2D eigenvalue weighted by molar-refractivity contribution is 4.90. The van der Waals surface area contributed by atoms with Crippen LogP contribution < -0.4 is 0 Å². The fourth-order valence-corrected chi connectivity index (χ4v) is 2.90. The molecular formula is C13H25NO. The fraction of sp³-hybridized carbons (Fsp3) is 1.00. The molecule has 2 fully saturated rings. The first-order chi connectivity index (χ1) is 7.31. The molecule has 2 saturated carbocycles. The van der Waals surface area contributed by atoms with Gasteiger partial charge in [0, 0.05) is 25.2 Å². The molecule has 2 aliphatic rings. The zero-order chi connectivity index (χ0) is 10.7. The van der Waals surface area contributed by atoms with Crippen LogP contribution >= 0.6 is 0 Å². The van der Waals surface area contributed by atoms with Gasteiger partial charge in [0.05, 0.1) is 0 Å². The molecule has 0 aromatic carbocycles. The molecule has 0 unspecified atom stereocenters. The molecule has 88 valence electrons. The van der Waals surface area contributed by atoms with Crippen LogP contribution in [0.25, 0.3) is 0 Å². The predicted molar refractivity (Wildman–Crippen MR) is 62.9 cm³/mol. The zero-order valence-corrected chi connectivity index (χ0v) is 9.99. The Labute approximate surface area is 93.7 Å². The van der Waals surface area contributed by atoms with E-state index < -0.39 is 0 Å². The maximum atomic E-state index is 8.93. The van der Waals surface area contributed by atoms with Crippen molar-refractivity contribution in [3.8, 4) is 0 Å². The first kappa shape index (κ1) is 11.4. The standard InChI is InChI=1S/C13H25NO/c1-11-3-5-12(6-4-11)14(9-2-10-15)13-7-8-13/h11-13,15H,2-10H2,1H3. The second kappa shape index (κ2) is 5.31. The molecule has 1 N–H and O–H groups in total. The quantitative estimate of drug-likeness (QED) is 0.755. The Hall–Kier alpha value is -0.0800. The SMILES string of the molecule is CC1CCC(N(CCCO)C2CC2)CC1. The average molecular weight is 211 g/mol. The van der Waals surface area contributed by atoms with E-state index in [1.807, 2.05) is 0 Å². The van der Waals surface area contributed by atoms with E-state index in [4.69, 9.17) is 5.11 Å². The molecule has 2 aliphatic carbocycles. The van der Waals surface area contributed by atoms with Crippen LogP contribution in [-0.2, 0) is 0 Å². The van der Waals surface area contributed by atoms with Crippen LogP contribution in [0.4, 0.5) is 0 Å². The number of nitrogens with zero attached hydrogens (tertiary/aromatic N) is 1. The summed E-state index contributed by atoms with van der Waals surface area (Å²) in [7, 11) is 0. The highest BCUT2D eigenvalue weighted by Crippen LogP contribution is 2.35. The summed E-state index contributed by atoms with van der Waals surface area (Å²) in [6.45, 7) is 3.86. The molecule has 0 saturated heterocycles. The topological polar surface area (TPSA) is 23.5 Å². The third-order valence-electron chi connectivity index (χ3n) is 4.04. The summed E-state index contributed by atoms with van der Waals surface area (Å²) in [6.07, 6.45) is 9.36. The van der Waals surface area contributed by atoms with E-state index >= 15 is 0 Å². The Balaban J connectivity index is 1.81. The molecule has 2 nitrogen and oxygen atoms in total. The Kier molecular flexibility index (Phi) is 4.04. The van der Waals surface area contributed by atoms with Crippen molar-refractivity contribution in [3.63, 3.8) is 0 Å². The van der Waals surface area contributed by atoms with Gasteiger partial charge in [0.25, 0.3) is 0 Å². The molecule has 0 aromatic rings. The lowest BCUT2D eigenvalue weighted by Gasteiger charge is -2.36. The van der Waals surface area contributed by atoms with Gasteiger partial charge in [-0.25, -0.2) is 0 Å². The summed E-state index contributed by atoms with van der Waals surface area (Å²) < 4.78 is 0. The lowest BCUT2D eigenvalue weighted by Crippen LogP contribution is -2.40. The van der Waals surface area contributed by atoms with Gasteiger partial charge in [-0.05, 0) is 50.9 Å². The Morgan fingerprint density at radius 2 is 1.53 bits per heavy atom. The summed E-state index contributed by atoms with van der Waals surface area (Å²) in [5, 5.41) is 8.93. The van der Waals surface area contributed by atoms with Crippen LogP contribution in [0.1, 0.15) is 51.9 Å². The first-order valence-corrected chi connectivity index (χ1v) is 6.68. The minimum atomic E-state index is 0.354. The van der Waals surface area contributed by atoms with Crippen LogP contribution in [0.5, 0.6) is 0 Å². The number of hydrogen-bond donors (Lipinski definition) is 1. The van der Waals surface area contributed by atoms with Crippen molar-refractivity contribution < 1.29 is 5.11 Å². The largest absolute Gasteiger partial charge is 0.396 e. The second-order valence-electron chi connectivity index (χ2n) is 5.46. The molecule has 0 spiro atoms. The van der Waals surface area contributed by atoms with E-state index in [1.165, 1.54) is 38.5 Å². The van der Waals surface area contributed by atoms with Gasteiger partial charge < -0.3 is 5.11 Å². The minimum absolute atomic E-state index is 0.354. The van der Waals surface area contributed by atoms with Crippen LogP contribution in [0, 0.1) is 5.92 Å². The van der Waals surface area contributed by atoms with E-state index in [2.05, 4.69) is 11.8 Å². The number of hydrogen-bond acceptors (Lipinski definition) is 2. The molecule has 2 heteroatoms. The number of rotatable bonds is 5. The van der Waals surface area contributed by atoms with Crippen molar-refractivity contribution in [1.82, 2.24) is 4.90 Å². The highest BCUT2D eigenvalue weighted by atomic mass is 16.3. The van der Waals surface area contributed by atoms with Crippen LogP contribution in [-0.4, -0.2) is 35.2 Å². The van der Waals surface area contributed by atoms with Gasteiger partial charge in [0.2, 0.25) is 0 Å². The molecule has 0 aliphatic heterocycles. The Bertz CT molecular complexity index is 183. The molecule has 0 atom stereocenters. The van der Waals surface area contributed by atoms with E-state index in [0.717, 1.165) is 31.0 Å². The van der Waals surface area contributed by atoms with E-state index in [9.17, 15) is 0 Å². The van der Waals surface area contributed by atoms with Crippen molar-refractivity contribution in [2.75, 3.05) is 13.2 Å². The second-order valence-corrected chi connectivity index (χ2v) is 5.46. The predicted octanol–water partition coefficient (Wildman–Crippen LogP) is 2.41. The normalized spacial score (nSPS) is 32.2. The lowest BCUT2D eigenvalue weighted by molar-refractivity contribution is 0.121. The molecule has 2 rings (SSSR count). The van der Waals surface area contributed by atoms with Gasteiger partial charge in [-0.1, -0.05) is 6.92 Å². The molecule has 0 radical (unpaired) electrons. The molecule has 0 heterocycles. The van der Waals surface area contributed by atoms with Gasteiger partial charge in [-0.15, -0.1) is 0 Å². The third-order valence-corrected chi connectivity index (χ3v) is 4.04. The van der Waals surface area contributed by atoms with Crippen LogP contribution in [0.2, 0.25) is 0 Å². The van der Waals surface area contributed by atoms with Crippen molar-refractivity contribution in [1.29, 1.82) is 0 Å². The smallest absolute Gasteiger partial charge is 0.0443 e. The summed E-state index contributed by atoms with van der Waals surface area (Å²) in [5.41, 5.74) is 0. The van der Waals surface area contributed by atoms with E-state index in [-0.39, 0.29) is 0 Å². The molecule has 0 aromatic heterocycles. The van der Waals surface area contributed by atoms with Gasteiger partial charge in [-0.2, -0.15) is 0 Å². The monoisotopic (exact) mass is 211 g/mol. The summed E-state index contributed by atoms with van der Waals surface area (Å²) in [6, 6.07) is 1.70. The fourth-order valence-electron chi connectivity index (χ4n) is 2.90. The molecule has 0 amide bonds. The van der Waals surface area contributed by atoms with Crippen LogP contribution in [0.3, 0.4) is 0 Å². The van der Waals surface area contributed by atoms with Gasteiger partial charge in [0.15, 0.2) is 0 Å². The Morgan fingerprint density at radius 3 is 2.00 bits per heavy atom. The minimum Gasteiger partial charge on any atom is -0.396 e. The Morgan fingerprint density at radius 1 is 1.00 bits per heavy atom. The summed E-state index contributed by atoms with van der Waals surface area (Å²) >= 11 is 0. The number of aliphatic hydroxyl groups excluding tert-OH is 1. The van der Waals surface area contributed by atoms with Crippen molar-refractivity contribution in [3.05, 3.63) is 0 Å². The van der Waals surface area contributed by atoms with E-state index in [0.29, 0.717) is 6.61 Å². The van der Waals surface area contributed by atoms with Gasteiger partial charge >= 0.3 is 0 Å². The highest BCUT2D eigenvalue weighted by Gasteiger charge is 2.34. The maximum absolute atomic E-state index is 8.93. The zero-order valence-electron chi connectivity index (χ0n) is 9.99. The summed E-state index contributed by atoms with van der Waals surface area (Å²) in [5.74, 6) is 0.945. The van der Waals surface area contributed by atoms with Crippen molar-refractivity contribution in [2.24, 2.45) is 5.92 Å². The first-order valence-electron chi connectivity index (χ1n) is 6.68. The third kappa shape index (κ3) is 3.18. The van der Waals surface area contributed by atoms with Gasteiger partial charge in [-0.3, -0.25) is 4.90 Å². The lowest BCUT2D eigenvalue weighted by atomic mass is 9.86. The summed E-state index contributed by atoms with van der Waals surface area (Å²) in [4.78, 5) is 2.70. The van der Waals surface area contributed by atoms with Gasteiger partial charge in [0.1, 0.15) is 0 Å². The van der Waals surface area contributed by atoms with E-state index in [1.54, 1.807) is 0 Å². The maximum Gasteiger partial charge on any atom is 0.0443 e. The van der Waals surface area contributed by atoms with Crippen molar-refractivity contribution >= 4 is 0 Å². The van der Waals surface area contributed by atoms with Crippen molar-refractivity contribution in [2.45, 2.75) is 64.0 Å².